The normalized spacial score (nSPS) is 22.9. The van der Waals surface area contributed by atoms with Gasteiger partial charge in [-0.15, -0.1) is 0 Å². The summed E-state index contributed by atoms with van der Waals surface area (Å²) in [5, 5.41) is 0. The molecule has 9 heteroatoms. The van der Waals surface area contributed by atoms with Crippen LogP contribution in [0.4, 0.5) is 22.0 Å². The molecule has 1 saturated heterocycles. The largest absolute Gasteiger partial charge is 0.493 e. The molecule has 0 radical (unpaired) electrons. The zero-order valence-corrected chi connectivity index (χ0v) is 17.2. The summed E-state index contributed by atoms with van der Waals surface area (Å²) in [5.41, 5.74) is -1.55. The third-order valence-electron chi connectivity index (χ3n) is 5.66. The molecule has 3 atom stereocenters. The number of carbonyl (C=O) groups is 1. The highest BCUT2D eigenvalue weighted by molar-refractivity contribution is 5.89. The monoisotopic (exact) mass is 444 g/mol. The molecular formula is C22H21F5O4. The quantitative estimate of drug-likeness (QED) is 0.448. The van der Waals surface area contributed by atoms with Crippen LogP contribution < -0.4 is 4.74 Å². The number of alkyl halides is 3. The Morgan fingerprint density at radius 3 is 2.23 bits per heavy atom. The molecule has 168 valence electrons. The van der Waals surface area contributed by atoms with Gasteiger partial charge in [0.2, 0.25) is 12.1 Å². The van der Waals surface area contributed by atoms with Gasteiger partial charge in [-0.05, 0) is 50.1 Å². The first-order valence-electron chi connectivity index (χ1n) is 9.44. The maximum Gasteiger partial charge on any atom is 0.416 e. The van der Waals surface area contributed by atoms with Gasteiger partial charge < -0.3 is 14.2 Å². The fourth-order valence-corrected chi connectivity index (χ4v) is 3.65. The van der Waals surface area contributed by atoms with Crippen molar-refractivity contribution >= 4 is 5.97 Å². The fourth-order valence-electron chi connectivity index (χ4n) is 3.65. The van der Waals surface area contributed by atoms with Crippen LogP contribution in [0.1, 0.15) is 48.2 Å². The summed E-state index contributed by atoms with van der Waals surface area (Å²) >= 11 is 0. The predicted molar refractivity (Wildman–Crippen MR) is 101 cm³/mol. The number of methoxy groups -OCH3 is 1. The van der Waals surface area contributed by atoms with Crippen molar-refractivity contribution < 1.29 is 41.0 Å². The van der Waals surface area contributed by atoms with Gasteiger partial charge in [-0.3, -0.25) is 0 Å². The second-order valence-electron chi connectivity index (χ2n) is 7.87. The molecule has 2 aromatic rings. The smallest absolute Gasteiger partial charge is 0.416 e. The van der Waals surface area contributed by atoms with E-state index in [9.17, 15) is 26.7 Å². The summed E-state index contributed by atoms with van der Waals surface area (Å²) in [6.45, 7) is 5.31. The van der Waals surface area contributed by atoms with E-state index in [4.69, 9.17) is 14.2 Å². The molecule has 31 heavy (non-hydrogen) atoms. The van der Waals surface area contributed by atoms with E-state index in [2.05, 4.69) is 0 Å². The van der Waals surface area contributed by atoms with E-state index in [1.54, 1.807) is 20.8 Å². The van der Waals surface area contributed by atoms with Gasteiger partial charge in [0, 0.05) is 5.56 Å². The number of benzene rings is 2. The van der Waals surface area contributed by atoms with E-state index in [-0.39, 0.29) is 22.8 Å². The average molecular weight is 444 g/mol. The summed E-state index contributed by atoms with van der Waals surface area (Å²) in [7, 11) is 1.19. The Balaban J connectivity index is 1.92. The molecule has 0 spiro atoms. The number of rotatable bonds is 4. The van der Waals surface area contributed by atoms with Crippen molar-refractivity contribution in [3.8, 4) is 5.75 Å². The molecule has 1 heterocycles. The molecule has 0 unspecified atom stereocenters. The summed E-state index contributed by atoms with van der Waals surface area (Å²) in [4.78, 5) is 12.6. The summed E-state index contributed by atoms with van der Waals surface area (Å²) in [6.07, 6.45) is -5.73. The highest BCUT2D eigenvalue weighted by atomic mass is 19.4. The Morgan fingerprint density at radius 1 is 1.06 bits per heavy atom. The van der Waals surface area contributed by atoms with Crippen LogP contribution in [0.3, 0.4) is 0 Å². The number of halogens is 5. The van der Waals surface area contributed by atoms with Gasteiger partial charge in [0.05, 0.1) is 29.8 Å². The number of ether oxygens (including phenoxy) is 3. The molecule has 0 aromatic heterocycles. The molecule has 0 bridgehead atoms. The minimum absolute atomic E-state index is 0.107. The van der Waals surface area contributed by atoms with Gasteiger partial charge in [-0.2, -0.15) is 17.6 Å². The number of carbonyl (C=O) groups excluding carboxylic acids is 1. The van der Waals surface area contributed by atoms with Gasteiger partial charge in [0.25, 0.3) is 0 Å². The second kappa shape index (κ2) is 8.11. The van der Waals surface area contributed by atoms with E-state index in [0.29, 0.717) is 0 Å². The van der Waals surface area contributed by atoms with Crippen LogP contribution >= 0.6 is 0 Å². The van der Waals surface area contributed by atoms with Crippen LogP contribution in [-0.4, -0.2) is 25.0 Å². The van der Waals surface area contributed by atoms with Crippen molar-refractivity contribution in [2.75, 3.05) is 7.11 Å². The highest BCUT2D eigenvalue weighted by Crippen LogP contribution is 2.49. The van der Waals surface area contributed by atoms with Crippen molar-refractivity contribution in [1.82, 2.24) is 0 Å². The van der Waals surface area contributed by atoms with Gasteiger partial charge >= 0.3 is 12.1 Å². The minimum atomic E-state index is -4.54. The number of esters is 1. The van der Waals surface area contributed by atoms with Gasteiger partial charge in [0.1, 0.15) is 0 Å². The predicted octanol–water partition coefficient (Wildman–Crippen LogP) is 5.70. The lowest BCUT2D eigenvalue weighted by molar-refractivity contribution is -0.138. The van der Waals surface area contributed by atoms with E-state index in [0.717, 1.165) is 30.3 Å². The van der Waals surface area contributed by atoms with Gasteiger partial charge in [-0.25, -0.2) is 9.18 Å². The SMILES string of the molecule is COc1c([C@H]2[C@H](OC(=O)c3ccc(C(F)(F)F)cc3)OC(C)(C)[C@H]2C)ccc(F)c1F. The lowest BCUT2D eigenvalue weighted by Gasteiger charge is -2.25. The number of hydrogen-bond acceptors (Lipinski definition) is 4. The van der Waals surface area contributed by atoms with Crippen molar-refractivity contribution in [2.24, 2.45) is 5.92 Å². The molecule has 4 nitrogen and oxygen atoms in total. The summed E-state index contributed by atoms with van der Waals surface area (Å²) in [6, 6.07) is 5.83. The van der Waals surface area contributed by atoms with Crippen LogP contribution in [0.25, 0.3) is 0 Å². The van der Waals surface area contributed by atoms with Crippen LogP contribution in [-0.2, 0) is 15.7 Å². The number of hydrogen-bond donors (Lipinski definition) is 0. The third-order valence-corrected chi connectivity index (χ3v) is 5.66. The maximum atomic E-state index is 14.3. The zero-order valence-electron chi connectivity index (χ0n) is 17.2. The fraction of sp³-hybridized carbons (Fsp3) is 0.409. The van der Waals surface area contributed by atoms with Crippen LogP contribution in [0.2, 0.25) is 0 Å². The van der Waals surface area contributed by atoms with Crippen molar-refractivity contribution in [3.05, 3.63) is 64.7 Å². The van der Waals surface area contributed by atoms with Gasteiger partial charge in [-0.1, -0.05) is 13.0 Å². The van der Waals surface area contributed by atoms with Crippen molar-refractivity contribution in [3.63, 3.8) is 0 Å². The molecule has 2 aromatic carbocycles. The lowest BCUT2D eigenvalue weighted by Crippen LogP contribution is -2.27. The Labute approximate surface area is 175 Å². The topological polar surface area (TPSA) is 44.8 Å². The Morgan fingerprint density at radius 2 is 1.68 bits per heavy atom. The van der Waals surface area contributed by atoms with E-state index >= 15 is 0 Å². The standard InChI is InChI=1S/C22H21F5O4/c1-11-16(14-9-10-15(23)17(24)18(14)29-4)20(31-21(11,2)3)30-19(28)12-5-7-13(8-6-12)22(25,26)27/h5-11,16,20H,1-4H3/t11-,16-,20+/m0/s1. The molecule has 0 aliphatic carbocycles. The van der Waals surface area contributed by atoms with E-state index in [1.165, 1.54) is 13.2 Å². The molecule has 0 N–H and O–H groups in total. The minimum Gasteiger partial charge on any atom is -0.493 e. The molecule has 1 aliphatic rings. The van der Waals surface area contributed by atoms with Crippen LogP contribution in [0.5, 0.6) is 5.75 Å². The highest BCUT2D eigenvalue weighted by Gasteiger charge is 2.51. The first kappa shape index (κ1) is 23.0. The molecule has 1 fully saturated rings. The maximum absolute atomic E-state index is 14.3. The van der Waals surface area contributed by atoms with E-state index in [1.807, 2.05) is 0 Å². The van der Waals surface area contributed by atoms with Crippen molar-refractivity contribution in [2.45, 2.75) is 44.8 Å². The van der Waals surface area contributed by atoms with Crippen LogP contribution in [0.15, 0.2) is 36.4 Å². The molecule has 0 saturated carbocycles. The molecule has 0 amide bonds. The molecule has 1 aliphatic heterocycles. The molecule has 3 rings (SSSR count). The first-order chi connectivity index (χ1) is 14.4. The van der Waals surface area contributed by atoms with Crippen LogP contribution in [0, 0.1) is 17.6 Å². The average Bonchev–Trinajstić information content (AvgIpc) is 2.91. The van der Waals surface area contributed by atoms with E-state index < -0.39 is 47.2 Å². The lowest BCUT2D eigenvalue weighted by atomic mass is 9.80. The van der Waals surface area contributed by atoms with Crippen molar-refractivity contribution in [1.29, 1.82) is 0 Å². The Kier molecular flexibility index (Phi) is 6.01. The van der Waals surface area contributed by atoms with Gasteiger partial charge in [0.15, 0.2) is 11.6 Å². The third kappa shape index (κ3) is 4.37. The second-order valence-corrected chi connectivity index (χ2v) is 7.87. The molecular weight excluding hydrogens is 423 g/mol. The Bertz CT molecular complexity index is 969. The zero-order chi connectivity index (χ0) is 23.1. The summed E-state index contributed by atoms with van der Waals surface area (Å²) in [5.74, 6) is -4.52. The summed E-state index contributed by atoms with van der Waals surface area (Å²) < 4.78 is 82.6. The Hall–Kier alpha value is -2.68. The first-order valence-corrected chi connectivity index (χ1v) is 9.44.